The second-order valence-corrected chi connectivity index (χ2v) is 5.96. The SMILES string of the molecule is COc1cc(OC)c(N2C[C@H](C(=O)OC(C)C)CC2=O)cc1Cl. The molecule has 1 amide bonds. The Morgan fingerprint density at radius 2 is 1.91 bits per heavy atom. The first kappa shape index (κ1) is 17.4. The number of rotatable bonds is 5. The van der Waals surface area contributed by atoms with Crippen LogP contribution in [0.15, 0.2) is 12.1 Å². The minimum atomic E-state index is -0.490. The average molecular weight is 342 g/mol. The molecule has 1 aliphatic heterocycles. The van der Waals surface area contributed by atoms with Crippen LogP contribution in [0.1, 0.15) is 20.3 Å². The molecule has 0 radical (unpaired) electrons. The maximum Gasteiger partial charge on any atom is 0.311 e. The van der Waals surface area contributed by atoms with Gasteiger partial charge in [0.15, 0.2) is 0 Å². The highest BCUT2D eigenvalue weighted by molar-refractivity contribution is 6.32. The highest BCUT2D eigenvalue weighted by Crippen LogP contribution is 2.40. The molecule has 0 N–H and O–H groups in total. The molecule has 1 atom stereocenters. The first-order valence-corrected chi connectivity index (χ1v) is 7.67. The number of carbonyl (C=O) groups excluding carboxylic acids is 2. The molecule has 0 aliphatic carbocycles. The molecule has 0 unspecified atom stereocenters. The van der Waals surface area contributed by atoms with Crippen molar-refractivity contribution in [3.8, 4) is 11.5 Å². The molecule has 1 heterocycles. The molecule has 0 saturated carbocycles. The summed E-state index contributed by atoms with van der Waals surface area (Å²) in [6, 6.07) is 3.22. The monoisotopic (exact) mass is 341 g/mol. The van der Waals surface area contributed by atoms with Crippen LogP contribution < -0.4 is 14.4 Å². The fraction of sp³-hybridized carbons (Fsp3) is 0.500. The number of esters is 1. The van der Waals surface area contributed by atoms with Gasteiger partial charge in [0.2, 0.25) is 5.91 Å². The van der Waals surface area contributed by atoms with Gasteiger partial charge in [0, 0.05) is 19.0 Å². The topological polar surface area (TPSA) is 65.1 Å². The van der Waals surface area contributed by atoms with Crippen LogP contribution in [0.4, 0.5) is 5.69 Å². The van der Waals surface area contributed by atoms with Crippen LogP contribution in [0.25, 0.3) is 0 Å². The Balaban J connectivity index is 2.27. The Kier molecular flexibility index (Phi) is 5.36. The van der Waals surface area contributed by atoms with Gasteiger partial charge in [0.25, 0.3) is 0 Å². The van der Waals surface area contributed by atoms with Crippen LogP contribution in [0, 0.1) is 5.92 Å². The van der Waals surface area contributed by atoms with E-state index in [-0.39, 0.29) is 30.9 Å². The molecule has 7 heteroatoms. The molecule has 0 spiro atoms. The highest BCUT2D eigenvalue weighted by Gasteiger charge is 2.37. The number of ether oxygens (including phenoxy) is 3. The fourth-order valence-electron chi connectivity index (χ4n) is 2.48. The van der Waals surface area contributed by atoms with Gasteiger partial charge in [0.1, 0.15) is 11.5 Å². The van der Waals surface area contributed by atoms with Gasteiger partial charge in [-0.2, -0.15) is 0 Å². The van der Waals surface area contributed by atoms with Crippen LogP contribution in [-0.2, 0) is 14.3 Å². The lowest BCUT2D eigenvalue weighted by molar-refractivity contribution is -0.152. The third-order valence-electron chi connectivity index (χ3n) is 3.55. The van der Waals surface area contributed by atoms with E-state index in [1.165, 1.54) is 19.1 Å². The van der Waals surface area contributed by atoms with Gasteiger partial charge < -0.3 is 19.1 Å². The third-order valence-corrected chi connectivity index (χ3v) is 3.85. The van der Waals surface area contributed by atoms with Crippen LogP contribution in [-0.4, -0.2) is 38.7 Å². The summed E-state index contributed by atoms with van der Waals surface area (Å²) in [4.78, 5) is 25.8. The van der Waals surface area contributed by atoms with Crippen molar-refractivity contribution in [1.29, 1.82) is 0 Å². The predicted molar refractivity (Wildman–Crippen MR) is 86.2 cm³/mol. The normalized spacial score (nSPS) is 17.6. The van der Waals surface area contributed by atoms with Crippen LogP contribution in [0.5, 0.6) is 11.5 Å². The molecule has 1 saturated heterocycles. The van der Waals surface area contributed by atoms with E-state index < -0.39 is 5.92 Å². The van der Waals surface area contributed by atoms with Crippen LogP contribution in [0.3, 0.4) is 0 Å². The molecule has 1 aliphatic rings. The lowest BCUT2D eigenvalue weighted by Crippen LogP contribution is -2.27. The Labute approximate surface area is 140 Å². The Hall–Kier alpha value is -1.95. The van der Waals surface area contributed by atoms with Gasteiger partial charge in [-0.15, -0.1) is 0 Å². The van der Waals surface area contributed by atoms with Crippen LogP contribution in [0.2, 0.25) is 5.02 Å². The summed E-state index contributed by atoms with van der Waals surface area (Å²) < 4.78 is 15.6. The summed E-state index contributed by atoms with van der Waals surface area (Å²) >= 11 is 6.14. The number of methoxy groups -OCH3 is 2. The van der Waals surface area contributed by atoms with E-state index in [0.29, 0.717) is 22.2 Å². The third kappa shape index (κ3) is 3.69. The molecule has 6 nitrogen and oxygen atoms in total. The first-order valence-electron chi connectivity index (χ1n) is 7.29. The second-order valence-electron chi connectivity index (χ2n) is 5.55. The largest absolute Gasteiger partial charge is 0.495 e. The summed E-state index contributed by atoms with van der Waals surface area (Å²) in [5.74, 6) is -0.118. The Morgan fingerprint density at radius 1 is 1.26 bits per heavy atom. The van der Waals surface area contributed by atoms with Gasteiger partial charge in [-0.05, 0) is 19.9 Å². The van der Waals surface area contributed by atoms with Crippen LogP contribution >= 0.6 is 11.6 Å². The minimum absolute atomic E-state index is 0.109. The molecule has 0 aromatic heterocycles. The molecule has 2 rings (SSSR count). The molecular weight excluding hydrogens is 322 g/mol. The molecule has 1 aromatic carbocycles. The van der Waals surface area contributed by atoms with Crippen molar-refractivity contribution < 1.29 is 23.8 Å². The summed E-state index contributed by atoms with van der Waals surface area (Å²) in [7, 11) is 3.00. The zero-order chi connectivity index (χ0) is 17.1. The Bertz CT molecular complexity index is 617. The van der Waals surface area contributed by atoms with E-state index >= 15 is 0 Å². The van der Waals surface area contributed by atoms with E-state index in [2.05, 4.69) is 0 Å². The maximum absolute atomic E-state index is 12.3. The smallest absolute Gasteiger partial charge is 0.311 e. The Morgan fingerprint density at radius 3 is 2.48 bits per heavy atom. The lowest BCUT2D eigenvalue weighted by Gasteiger charge is -2.21. The number of halogens is 1. The average Bonchev–Trinajstić information content (AvgIpc) is 2.88. The number of nitrogens with zero attached hydrogens (tertiary/aromatic N) is 1. The number of benzene rings is 1. The summed E-state index contributed by atoms with van der Waals surface area (Å²) in [5, 5.41) is 0.365. The van der Waals surface area contributed by atoms with Crippen molar-refractivity contribution in [2.45, 2.75) is 26.4 Å². The molecule has 1 aromatic rings. The molecule has 23 heavy (non-hydrogen) atoms. The standard InChI is InChI=1S/C16H20ClNO5/c1-9(2)23-16(20)10-5-15(19)18(8-10)12-6-11(17)13(21-3)7-14(12)22-4/h6-7,9-10H,5,8H2,1-4H3/t10-/m1/s1. The zero-order valence-corrected chi connectivity index (χ0v) is 14.3. The maximum atomic E-state index is 12.3. The van der Waals surface area contributed by atoms with Gasteiger partial charge in [-0.25, -0.2) is 0 Å². The molecule has 0 bridgehead atoms. The van der Waals surface area contributed by atoms with Crippen molar-refractivity contribution >= 4 is 29.2 Å². The molecular formula is C16H20ClNO5. The van der Waals surface area contributed by atoms with E-state index in [0.717, 1.165) is 0 Å². The van der Waals surface area contributed by atoms with Crippen molar-refractivity contribution in [2.75, 3.05) is 25.7 Å². The summed E-state index contributed by atoms with van der Waals surface area (Å²) in [5.41, 5.74) is 0.517. The van der Waals surface area contributed by atoms with Crippen molar-refractivity contribution in [1.82, 2.24) is 0 Å². The summed E-state index contributed by atoms with van der Waals surface area (Å²) in [6.07, 6.45) is -0.102. The summed E-state index contributed by atoms with van der Waals surface area (Å²) in [6.45, 7) is 3.79. The number of hydrogen-bond donors (Lipinski definition) is 0. The van der Waals surface area contributed by atoms with E-state index in [4.69, 9.17) is 25.8 Å². The van der Waals surface area contributed by atoms with Crippen molar-refractivity contribution in [2.24, 2.45) is 5.92 Å². The van der Waals surface area contributed by atoms with Gasteiger partial charge in [0.05, 0.1) is 37.0 Å². The zero-order valence-electron chi connectivity index (χ0n) is 13.6. The van der Waals surface area contributed by atoms with E-state index in [1.807, 2.05) is 0 Å². The number of anilines is 1. The van der Waals surface area contributed by atoms with Gasteiger partial charge >= 0.3 is 5.97 Å². The lowest BCUT2D eigenvalue weighted by atomic mass is 10.1. The number of hydrogen-bond acceptors (Lipinski definition) is 5. The number of amides is 1. The highest BCUT2D eigenvalue weighted by atomic mass is 35.5. The minimum Gasteiger partial charge on any atom is -0.495 e. The first-order chi connectivity index (χ1) is 10.9. The molecule has 1 fully saturated rings. The van der Waals surface area contributed by atoms with Gasteiger partial charge in [-0.1, -0.05) is 11.6 Å². The fourth-order valence-corrected chi connectivity index (χ4v) is 2.72. The second kappa shape index (κ2) is 7.08. The van der Waals surface area contributed by atoms with Crippen molar-refractivity contribution in [3.63, 3.8) is 0 Å². The van der Waals surface area contributed by atoms with Gasteiger partial charge in [-0.3, -0.25) is 9.59 Å². The predicted octanol–water partition coefficient (Wildman–Crippen LogP) is 2.66. The van der Waals surface area contributed by atoms with Crippen molar-refractivity contribution in [3.05, 3.63) is 17.2 Å². The number of carbonyl (C=O) groups is 2. The van der Waals surface area contributed by atoms with E-state index in [9.17, 15) is 9.59 Å². The molecule has 126 valence electrons. The quantitative estimate of drug-likeness (QED) is 0.770. The van der Waals surface area contributed by atoms with E-state index in [1.54, 1.807) is 26.0 Å².